The molecule has 2 bridgehead atoms. The van der Waals surface area contributed by atoms with E-state index in [1.165, 1.54) is 0 Å². The first-order valence-corrected chi connectivity index (χ1v) is 13.8. The molecule has 0 saturated carbocycles. The van der Waals surface area contributed by atoms with Gasteiger partial charge in [-0.25, -0.2) is 0 Å². The number of thioether (sulfide) groups is 1. The zero-order chi connectivity index (χ0) is 25.6. The fourth-order valence-corrected chi connectivity index (χ4v) is 8.74. The standard InChI is InChI=1S/C28H34N2O5S/c1-4-16(3)20(15-31)30-24(25(32)29-19-11-10-17-8-6-7-9-18(17)14-19)28-13-12-21(36-28)22(23(28)26(30)33)27(34)35-5-2/h6-11,14,16,20-24,31H,4-5,12-13,15H2,1-3H3,(H,29,32)/t16-,20-,21+,22-,23-,24?,28?/m0/s1. The van der Waals surface area contributed by atoms with Gasteiger partial charge in [0.15, 0.2) is 0 Å². The average molecular weight is 511 g/mol. The molecule has 3 saturated heterocycles. The molecule has 8 heteroatoms. The van der Waals surface area contributed by atoms with Crippen molar-refractivity contribution in [3.63, 3.8) is 0 Å². The molecule has 2 amide bonds. The minimum absolute atomic E-state index is 0.00612. The van der Waals surface area contributed by atoms with Crippen LogP contribution < -0.4 is 5.32 Å². The van der Waals surface area contributed by atoms with Crippen LogP contribution in [0.25, 0.3) is 10.8 Å². The maximum absolute atomic E-state index is 14.1. The molecule has 0 radical (unpaired) electrons. The number of benzene rings is 2. The molecule has 192 valence electrons. The number of aliphatic hydroxyl groups excluding tert-OH is 1. The molecule has 3 fully saturated rings. The summed E-state index contributed by atoms with van der Waals surface area (Å²) < 4.78 is 4.67. The number of carbonyl (C=O) groups is 3. The Morgan fingerprint density at radius 3 is 2.67 bits per heavy atom. The summed E-state index contributed by atoms with van der Waals surface area (Å²) in [6.07, 6.45) is 2.20. The van der Waals surface area contributed by atoms with Gasteiger partial charge < -0.3 is 20.1 Å². The van der Waals surface area contributed by atoms with E-state index in [1.807, 2.05) is 56.3 Å². The Bertz CT molecular complexity index is 1190. The lowest BCUT2D eigenvalue weighted by Crippen LogP contribution is -2.56. The molecule has 3 aliphatic rings. The van der Waals surface area contributed by atoms with Crippen LogP contribution >= 0.6 is 11.8 Å². The van der Waals surface area contributed by atoms with Crippen molar-refractivity contribution in [2.24, 2.45) is 17.8 Å². The number of amides is 2. The van der Waals surface area contributed by atoms with Crippen molar-refractivity contribution in [3.8, 4) is 0 Å². The molecule has 36 heavy (non-hydrogen) atoms. The summed E-state index contributed by atoms with van der Waals surface area (Å²) in [6, 6.07) is 12.4. The monoisotopic (exact) mass is 510 g/mol. The second-order valence-electron chi connectivity index (χ2n) is 10.2. The van der Waals surface area contributed by atoms with Gasteiger partial charge in [-0.2, -0.15) is 0 Å². The van der Waals surface area contributed by atoms with Crippen molar-refractivity contribution in [1.82, 2.24) is 4.90 Å². The number of hydrogen-bond acceptors (Lipinski definition) is 6. The van der Waals surface area contributed by atoms with Crippen LogP contribution in [0.3, 0.4) is 0 Å². The lowest BCUT2D eigenvalue weighted by molar-refractivity contribution is -0.154. The fourth-order valence-electron chi connectivity index (χ4n) is 6.55. The highest BCUT2D eigenvalue weighted by Crippen LogP contribution is 2.67. The molecular formula is C28H34N2O5S. The summed E-state index contributed by atoms with van der Waals surface area (Å²) in [5.74, 6) is -2.01. The SMILES string of the molecule is CCOC(=O)[C@@H]1[C@H]2C(=O)N([C@@H](CO)[C@@H](C)CC)C(C(=O)Nc3ccc4ccccc4c3)C23CC[C@H]1S3. The lowest BCUT2D eigenvalue weighted by Gasteiger charge is -2.39. The summed E-state index contributed by atoms with van der Waals surface area (Å²) in [5, 5.41) is 15.5. The minimum atomic E-state index is -0.776. The number of ether oxygens (including phenoxy) is 1. The number of likely N-dealkylation sites (tertiary alicyclic amines) is 1. The summed E-state index contributed by atoms with van der Waals surface area (Å²) in [7, 11) is 0. The molecule has 7 atom stereocenters. The second kappa shape index (κ2) is 9.71. The van der Waals surface area contributed by atoms with Crippen molar-refractivity contribution >= 4 is 46.0 Å². The number of fused-ring (bicyclic) bond motifs is 2. The second-order valence-corrected chi connectivity index (χ2v) is 11.8. The number of anilines is 1. The van der Waals surface area contributed by atoms with E-state index in [9.17, 15) is 19.5 Å². The Balaban J connectivity index is 1.54. The highest BCUT2D eigenvalue weighted by atomic mass is 32.2. The number of esters is 1. The molecule has 0 aromatic heterocycles. The predicted octanol–water partition coefficient (Wildman–Crippen LogP) is 3.84. The van der Waals surface area contributed by atoms with Gasteiger partial charge in [0.2, 0.25) is 11.8 Å². The molecule has 0 aliphatic carbocycles. The maximum Gasteiger partial charge on any atom is 0.310 e. The van der Waals surface area contributed by atoms with Crippen molar-refractivity contribution in [2.45, 2.75) is 62.1 Å². The molecular weight excluding hydrogens is 476 g/mol. The highest BCUT2D eigenvalue weighted by Gasteiger charge is 2.74. The first-order chi connectivity index (χ1) is 17.4. The van der Waals surface area contributed by atoms with Crippen LogP contribution in [0.4, 0.5) is 5.69 Å². The first kappa shape index (κ1) is 25.1. The van der Waals surface area contributed by atoms with Gasteiger partial charge in [-0.15, -0.1) is 11.8 Å². The zero-order valence-corrected chi connectivity index (χ0v) is 21.8. The number of nitrogens with zero attached hydrogens (tertiary/aromatic N) is 1. The van der Waals surface area contributed by atoms with E-state index in [-0.39, 0.29) is 42.2 Å². The Labute approximate surface area is 215 Å². The quantitative estimate of drug-likeness (QED) is 0.524. The predicted molar refractivity (Wildman–Crippen MR) is 140 cm³/mol. The van der Waals surface area contributed by atoms with Gasteiger partial charge in [0.1, 0.15) is 6.04 Å². The van der Waals surface area contributed by atoms with Gasteiger partial charge in [-0.1, -0.05) is 50.6 Å². The van der Waals surface area contributed by atoms with E-state index in [0.717, 1.165) is 23.6 Å². The maximum atomic E-state index is 14.1. The molecule has 2 aromatic carbocycles. The Morgan fingerprint density at radius 2 is 1.97 bits per heavy atom. The molecule has 2 N–H and O–H groups in total. The van der Waals surface area contributed by atoms with Crippen LogP contribution in [-0.4, -0.2) is 63.1 Å². The normalized spacial score (nSPS) is 30.3. The van der Waals surface area contributed by atoms with Gasteiger partial charge in [-0.05, 0) is 48.6 Å². The van der Waals surface area contributed by atoms with Crippen molar-refractivity contribution < 1.29 is 24.2 Å². The molecule has 1 spiro atoms. The van der Waals surface area contributed by atoms with Crippen LogP contribution in [0.15, 0.2) is 42.5 Å². The molecule has 2 unspecified atom stereocenters. The van der Waals surface area contributed by atoms with Crippen molar-refractivity contribution in [1.29, 1.82) is 0 Å². The van der Waals surface area contributed by atoms with Gasteiger partial charge in [-0.3, -0.25) is 14.4 Å². The average Bonchev–Trinajstić information content (AvgIpc) is 3.52. The minimum Gasteiger partial charge on any atom is -0.466 e. The van der Waals surface area contributed by atoms with Gasteiger partial charge in [0.25, 0.3) is 0 Å². The van der Waals surface area contributed by atoms with Gasteiger partial charge in [0.05, 0.1) is 35.8 Å². The third-order valence-electron chi connectivity index (χ3n) is 8.41. The van der Waals surface area contributed by atoms with Gasteiger partial charge in [0, 0.05) is 10.9 Å². The van der Waals surface area contributed by atoms with E-state index in [2.05, 4.69) is 5.32 Å². The van der Waals surface area contributed by atoms with E-state index in [1.54, 1.807) is 23.6 Å². The van der Waals surface area contributed by atoms with E-state index < -0.39 is 28.7 Å². The van der Waals surface area contributed by atoms with Crippen LogP contribution in [0, 0.1) is 17.8 Å². The number of aliphatic hydroxyl groups is 1. The van der Waals surface area contributed by atoms with Crippen LogP contribution in [0.1, 0.15) is 40.0 Å². The molecule has 2 aromatic rings. The molecule has 5 rings (SSSR count). The van der Waals surface area contributed by atoms with Crippen molar-refractivity contribution in [2.75, 3.05) is 18.5 Å². The number of rotatable bonds is 8. The largest absolute Gasteiger partial charge is 0.466 e. The van der Waals surface area contributed by atoms with E-state index >= 15 is 0 Å². The van der Waals surface area contributed by atoms with Crippen LogP contribution in [0.2, 0.25) is 0 Å². The summed E-state index contributed by atoms with van der Waals surface area (Å²) in [6.45, 7) is 5.79. The molecule has 3 aliphatic heterocycles. The Morgan fingerprint density at radius 1 is 1.22 bits per heavy atom. The van der Waals surface area contributed by atoms with Crippen molar-refractivity contribution in [3.05, 3.63) is 42.5 Å². The molecule has 3 heterocycles. The van der Waals surface area contributed by atoms with Gasteiger partial charge >= 0.3 is 5.97 Å². The Kier molecular flexibility index (Phi) is 6.76. The number of hydrogen-bond donors (Lipinski definition) is 2. The number of carbonyl (C=O) groups excluding carboxylic acids is 3. The smallest absolute Gasteiger partial charge is 0.310 e. The lowest BCUT2D eigenvalue weighted by atomic mass is 9.71. The van der Waals surface area contributed by atoms with E-state index in [4.69, 9.17) is 4.74 Å². The zero-order valence-electron chi connectivity index (χ0n) is 21.0. The first-order valence-electron chi connectivity index (χ1n) is 12.9. The fraction of sp³-hybridized carbons (Fsp3) is 0.536. The van der Waals surface area contributed by atoms with E-state index in [0.29, 0.717) is 12.1 Å². The summed E-state index contributed by atoms with van der Waals surface area (Å²) in [4.78, 5) is 42.7. The third-order valence-corrected chi connectivity index (χ3v) is 10.4. The highest BCUT2D eigenvalue weighted by molar-refractivity contribution is 8.02. The number of nitrogens with one attached hydrogen (secondary N) is 1. The third kappa shape index (κ3) is 3.80. The molecule has 7 nitrogen and oxygen atoms in total. The Hall–Kier alpha value is -2.58. The summed E-state index contributed by atoms with van der Waals surface area (Å²) in [5.41, 5.74) is 0.662. The van der Waals surface area contributed by atoms with Crippen LogP contribution in [-0.2, 0) is 19.1 Å². The topological polar surface area (TPSA) is 95.9 Å². The van der Waals surface area contributed by atoms with Crippen LogP contribution in [0.5, 0.6) is 0 Å². The summed E-state index contributed by atoms with van der Waals surface area (Å²) >= 11 is 1.61.